The average molecular weight is 504 g/mol. The molecule has 0 fully saturated rings. The fraction of sp³-hybridized carbons (Fsp3) is 0.333. The molecular weight excluding hydrogens is 484 g/mol. The summed E-state index contributed by atoms with van der Waals surface area (Å²) in [7, 11) is 0. The van der Waals surface area contributed by atoms with Gasteiger partial charge < -0.3 is 15.7 Å². The molecule has 2 atom stereocenters. The van der Waals surface area contributed by atoms with Crippen molar-refractivity contribution in [2.75, 3.05) is 0 Å². The van der Waals surface area contributed by atoms with Gasteiger partial charge in [-0.05, 0) is 48.9 Å². The molecule has 0 aliphatic rings. The van der Waals surface area contributed by atoms with Crippen LogP contribution in [-0.2, 0) is 0 Å². The van der Waals surface area contributed by atoms with Gasteiger partial charge in [-0.2, -0.15) is 0 Å². The van der Waals surface area contributed by atoms with Crippen molar-refractivity contribution in [3.63, 3.8) is 0 Å². The summed E-state index contributed by atoms with van der Waals surface area (Å²) in [6, 6.07) is 10.1. The number of hydrogen-bond acceptors (Lipinski definition) is 3. The smallest absolute Gasteiger partial charge is 0.404 e. The first-order chi connectivity index (χ1) is 12.1. The zero-order valence-electron chi connectivity index (χ0n) is 14.5. The minimum atomic E-state index is -1.12. The molecule has 8 heteroatoms. The molecule has 0 spiro atoms. The van der Waals surface area contributed by atoms with Crippen LogP contribution in [-0.4, -0.2) is 23.1 Å². The average Bonchev–Trinajstić information content (AvgIpc) is 2.89. The molecule has 26 heavy (non-hydrogen) atoms. The van der Waals surface area contributed by atoms with E-state index in [1.54, 1.807) is 6.07 Å². The van der Waals surface area contributed by atoms with Gasteiger partial charge in [0, 0.05) is 4.47 Å². The normalized spacial score (nSPS) is 13.7. The molecule has 3 N–H and O–H groups in total. The third-order valence-electron chi connectivity index (χ3n) is 3.86. The predicted molar refractivity (Wildman–Crippen MR) is 111 cm³/mol. The Bertz CT molecular complexity index is 768. The number of halogens is 2. The van der Waals surface area contributed by atoms with Crippen molar-refractivity contribution in [1.82, 2.24) is 10.6 Å². The van der Waals surface area contributed by atoms with Crippen LogP contribution >= 0.6 is 43.2 Å². The molecule has 2 amide bonds. The number of amides is 2. The van der Waals surface area contributed by atoms with Gasteiger partial charge in [0.2, 0.25) is 0 Å². The highest BCUT2D eigenvalue weighted by molar-refractivity contribution is 9.13. The number of thiophene rings is 1. The van der Waals surface area contributed by atoms with E-state index in [9.17, 15) is 14.7 Å². The molecule has 5 nitrogen and oxygen atoms in total. The molecule has 1 heterocycles. The first-order valence-electron chi connectivity index (χ1n) is 7.89. The SMILES string of the molecule is CC(C)(C)C(NC(=O)O)C(NC(=O)c1cc(Br)c(Br)s1)c1ccccc1. The summed E-state index contributed by atoms with van der Waals surface area (Å²) in [5.41, 5.74) is 0.423. The number of carboxylic acid groups (broad SMARTS) is 1. The van der Waals surface area contributed by atoms with E-state index in [0.717, 1.165) is 13.8 Å². The molecule has 2 aromatic rings. The summed E-state index contributed by atoms with van der Waals surface area (Å²) in [6.07, 6.45) is -1.12. The van der Waals surface area contributed by atoms with E-state index in [4.69, 9.17) is 0 Å². The Morgan fingerprint density at radius 2 is 1.73 bits per heavy atom. The molecule has 1 aromatic carbocycles. The lowest BCUT2D eigenvalue weighted by Crippen LogP contribution is -2.52. The molecule has 0 bridgehead atoms. The second-order valence-electron chi connectivity index (χ2n) is 6.89. The minimum absolute atomic E-state index is 0.253. The molecule has 2 rings (SSSR count). The van der Waals surface area contributed by atoms with Crippen LogP contribution < -0.4 is 10.6 Å². The number of nitrogens with one attached hydrogen (secondary N) is 2. The van der Waals surface area contributed by atoms with Crippen molar-refractivity contribution < 1.29 is 14.7 Å². The van der Waals surface area contributed by atoms with E-state index in [0.29, 0.717) is 4.88 Å². The molecular formula is C18H20Br2N2O3S. The van der Waals surface area contributed by atoms with Crippen LogP contribution in [0.4, 0.5) is 4.79 Å². The predicted octanol–water partition coefficient (Wildman–Crippen LogP) is 5.43. The van der Waals surface area contributed by atoms with Crippen molar-refractivity contribution >= 4 is 55.2 Å². The Kier molecular flexibility index (Phi) is 6.87. The highest BCUT2D eigenvalue weighted by atomic mass is 79.9. The van der Waals surface area contributed by atoms with Gasteiger partial charge in [0.05, 0.1) is 20.7 Å². The van der Waals surface area contributed by atoms with Crippen molar-refractivity contribution in [1.29, 1.82) is 0 Å². The highest BCUT2D eigenvalue weighted by Gasteiger charge is 2.36. The summed E-state index contributed by atoms with van der Waals surface area (Å²) in [6.45, 7) is 5.82. The van der Waals surface area contributed by atoms with Crippen molar-refractivity contribution in [2.45, 2.75) is 32.9 Å². The Morgan fingerprint density at radius 1 is 1.12 bits per heavy atom. The minimum Gasteiger partial charge on any atom is -0.465 e. The van der Waals surface area contributed by atoms with Crippen LogP contribution in [0.25, 0.3) is 0 Å². The second-order valence-corrected chi connectivity index (χ2v) is 10.1. The lowest BCUT2D eigenvalue weighted by molar-refractivity contribution is 0.0904. The molecule has 0 aliphatic carbocycles. The van der Waals surface area contributed by atoms with Crippen LogP contribution in [0.5, 0.6) is 0 Å². The Hall–Kier alpha value is -1.38. The number of hydrogen-bond donors (Lipinski definition) is 3. The molecule has 2 unspecified atom stereocenters. The summed E-state index contributed by atoms with van der Waals surface area (Å²) in [5.74, 6) is -0.253. The zero-order valence-corrected chi connectivity index (χ0v) is 18.5. The van der Waals surface area contributed by atoms with Crippen LogP contribution in [0.2, 0.25) is 0 Å². The lowest BCUT2D eigenvalue weighted by atomic mass is 9.79. The topological polar surface area (TPSA) is 78.4 Å². The quantitative estimate of drug-likeness (QED) is 0.509. The Morgan fingerprint density at radius 3 is 2.19 bits per heavy atom. The van der Waals surface area contributed by atoms with Crippen LogP contribution in [0.15, 0.2) is 44.7 Å². The summed E-state index contributed by atoms with van der Waals surface area (Å²) < 4.78 is 1.63. The number of carbonyl (C=O) groups is 2. The maximum Gasteiger partial charge on any atom is 0.404 e. The first kappa shape index (κ1) is 20.9. The fourth-order valence-corrected chi connectivity index (χ4v) is 4.56. The van der Waals surface area contributed by atoms with Crippen LogP contribution in [0.1, 0.15) is 42.0 Å². The molecule has 0 radical (unpaired) electrons. The van der Waals surface area contributed by atoms with Gasteiger partial charge in [-0.25, -0.2) is 4.79 Å². The van der Waals surface area contributed by atoms with Gasteiger partial charge in [-0.3, -0.25) is 4.79 Å². The van der Waals surface area contributed by atoms with E-state index >= 15 is 0 Å². The Balaban J connectivity index is 2.40. The number of rotatable bonds is 5. The van der Waals surface area contributed by atoms with E-state index in [2.05, 4.69) is 42.5 Å². The number of carbonyl (C=O) groups excluding carboxylic acids is 1. The first-order valence-corrected chi connectivity index (χ1v) is 10.3. The van der Waals surface area contributed by atoms with Crippen molar-refractivity contribution in [3.05, 3.63) is 55.1 Å². The molecule has 0 aliphatic heterocycles. The van der Waals surface area contributed by atoms with Gasteiger partial charge >= 0.3 is 6.09 Å². The monoisotopic (exact) mass is 502 g/mol. The third-order valence-corrected chi connectivity index (χ3v) is 7.11. The Labute approximate surface area is 173 Å². The summed E-state index contributed by atoms with van der Waals surface area (Å²) in [5, 5.41) is 14.9. The molecule has 140 valence electrons. The standard InChI is InChI=1S/C18H20Br2N2O3S/c1-18(2,3)14(22-17(24)25)13(10-7-5-4-6-8-10)21-16(23)12-9-11(19)15(20)26-12/h4-9,13-14,22H,1-3H3,(H,21,23)(H,24,25). The van der Waals surface area contributed by atoms with Crippen LogP contribution in [0.3, 0.4) is 0 Å². The van der Waals surface area contributed by atoms with Gasteiger partial charge in [-0.15, -0.1) is 11.3 Å². The zero-order chi connectivity index (χ0) is 19.5. The molecule has 0 saturated carbocycles. The summed E-state index contributed by atoms with van der Waals surface area (Å²) in [4.78, 5) is 24.7. The molecule has 1 aromatic heterocycles. The number of benzene rings is 1. The highest BCUT2D eigenvalue weighted by Crippen LogP contribution is 2.34. The lowest BCUT2D eigenvalue weighted by Gasteiger charge is -2.37. The van der Waals surface area contributed by atoms with E-state index in [1.807, 2.05) is 51.1 Å². The van der Waals surface area contributed by atoms with E-state index in [-0.39, 0.29) is 5.91 Å². The fourth-order valence-electron chi connectivity index (χ4n) is 2.62. The maximum absolute atomic E-state index is 12.8. The third kappa shape index (κ3) is 5.31. The van der Waals surface area contributed by atoms with E-state index < -0.39 is 23.6 Å². The second kappa shape index (κ2) is 8.54. The van der Waals surface area contributed by atoms with Gasteiger partial charge in [-0.1, -0.05) is 51.1 Å². The van der Waals surface area contributed by atoms with Gasteiger partial charge in [0.1, 0.15) is 0 Å². The maximum atomic E-state index is 12.8. The van der Waals surface area contributed by atoms with Crippen molar-refractivity contribution in [2.24, 2.45) is 5.41 Å². The van der Waals surface area contributed by atoms with Gasteiger partial charge in [0.25, 0.3) is 5.91 Å². The van der Waals surface area contributed by atoms with Crippen molar-refractivity contribution in [3.8, 4) is 0 Å². The van der Waals surface area contributed by atoms with Gasteiger partial charge in [0.15, 0.2) is 0 Å². The van der Waals surface area contributed by atoms with E-state index in [1.165, 1.54) is 11.3 Å². The van der Waals surface area contributed by atoms with Crippen LogP contribution in [0, 0.1) is 5.41 Å². The summed E-state index contributed by atoms with van der Waals surface area (Å²) >= 11 is 8.09. The largest absolute Gasteiger partial charge is 0.465 e. The molecule has 0 saturated heterocycles.